The van der Waals surface area contributed by atoms with Crippen LogP contribution in [0, 0.1) is 6.92 Å². The lowest BCUT2D eigenvalue weighted by Gasteiger charge is -2.07. The molecule has 0 saturated heterocycles. The molecule has 0 saturated carbocycles. The first-order chi connectivity index (χ1) is 13.5. The Kier molecular flexibility index (Phi) is 4.31. The smallest absolute Gasteiger partial charge is 0.272 e. The van der Waals surface area contributed by atoms with E-state index in [1.807, 2.05) is 18.2 Å². The monoisotopic (exact) mass is 378 g/mol. The summed E-state index contributed by atoms with van der Waals surface area (Å²) in [5.41, 5.74) is 3.14. The highest BCUT2D eigenvalue weighted by molar-refractivity contribution is 5.80. The van der Waals surface area contributed by atoms with E-state index in [9.17, 15) is 4.79 Å². The van der Waals surface area contributed by atoms with Crippen LogP contribution < -0.4 is 15.0 Å². The number of nitrogens with zero attached hydrogens (tertiary/aromatic N) is 4. The number of hydrogen-bond donors (Lipinski definition) is 0. The summed E-state index contributed by atoms with van der Waals surface area (Å²) in [6.45, 7) is 1.69. The normalized spacial score (nSPS) is 11.0. The predicted octanol–water partition coefficient (Wildman–Crippen LogP) is 2.98. The molecule has 28 heavy (non-hydrogen) atoms. The van der Waals surface area contributed by atoms with Crippen molar-refractivity contribution >= 4 is 11.0 Å². The van der Waals surface area contributed by atoms with E-state index in [4.69, 9.17) is 14.0 Å². The van der Waals surface area contributed by atoms with Crippen LogP contribution in [0.2, 0.25) is 0 Å². The molecule has 0 aliphatic carbocycles. The van der Waals surface area contributed by atoms with Crippen LogP contribution in [0.4, 0.5) is 0 Å². The minimum atomic E-state index is -0.117. The lowest BCUT2D eigenvalue weighted by molar-refractivity contribution is 0.391. The molecule has 0 aliphatic heterocycles. The van der Waals surface area contributed by atoms with Gasteiger partial charge in [0.05, 0.1) is 30.8 Å². The summed E-state index contributed by atoms with van der Waals surface area (Å²) in [5.74, 6) is 1.99. The van der Waals surface area contributed by atoms with Gasteiger partial charge >= 0.3 is 0 Å². The van der Waals surface area contributed by atoms with Crippen LogP contribution in [0.1, 0.15) is 5.69 Å². The van der Waals surface area contributed by atoms with Gasteiger partial charge in [0, 0.05) is 18.7 Å². The van der Waals surface area contributed by atoms with Crippen molar-refractivity contribution in [1.82, 2.24) is 19.7 Å². The summed E-state index contributed by atoms with van der Waals surface area (Å²) >= 11 is 0. The molecule has 0 N–H and O–H groups in total. The summed E-state index contributed by atoms with van der Waals surface area (Å²) in [7, 11) is 4.88. The van der Waals surface area contributed by atoms with Crippen LogP contribution in [0.15, 0.2) is 45.7 Å². The van der Waals surface area contributed by atoms with E-state index in [1.54, 1.807) is 51.0 Å². The summed E-state index contributed by atoms with van der Waals surface area (Å²) in [5, 5.41) is 4.08. The van der Waals surface area contributed by atoms with Crippen LogP contribution in [-0.2, 0) is 7.05 Å². The Balaban J connectivity index is 1.78. The molecule has 142 valence electrons. The summed E-state index contributed by atoms with van der Waals surface area (Å²) in [6, 6.07) is 10.8. The number of aryl methyl sites for hydroxylation is 2. The van der Waals surface area contributed by atoms with Crippen molar-refractivity contribution in [2.24, 2.45) is 7.05 Å². The van der Waals surface area contributed by atoms with Gasteiger partial charge in [-0.2, -0.15) is 4.98 Å². The van der Waals surface area contributed by atoms with Crippen LogP contribution in [0.25, 0.3) is 33.9 Å². The summed E-state index contributed by atoms with van der Waals surface area (Å²) in [6.07, 6.45) is 0. The summed E-state index contributed by atoms with van der Waals surface area (Å²) in [4.78, 5) is 20.9. The Morgan fingerprint density at radius 1 is 1.04 bits per heavy atom. The quantitative estimate of drug-likeness (QED) is 0.539. The number of benzene rings is 2. The fourth-order valence-electron chi connectivity index (χ4n) is 3.04. The molecule has 0 spiro atoms. The first kappa shape index (κ1) is 17.7. The van der Waals surface area contributed by atoms with Gasteiger partial charge in [0.1, 0.15) is 17.2 Å². The van der Waals surface area contributed by atoms with E-state index in [2.05, 4.69) is 15.1 Å². The number of fused-ring (bicyclic) bond motifs is 1. The molecular weight excluding hydrogens is 360 g/mol. The zero-order valence-electron chi connectivity index (χ0n) is 15.9. The third-order valence-corrected chi connectivity index (χ3v) is 4.56. The Bertz CT molecular complexity index is 1240. The number of methoxy groups -OCH3 is 2. The molecule has 8 heteroatoms. The average Bonchev–Trinajstić information content (AvgIpc) is 3.21. The molecule has 2 aromatic carbocycles. The minimum Gasteiger partial charge on any atom is -0.497 e. The van der Waals surface area contributed by atoms with Crippen LogP contribution in [0.3, 0.4) is 0 Å². The largest absolute Gasteiger partial charge is 0.497 e. The van der Waals surface area contributed by atoms with Crippen LogP contribution in [0.5, 0.6) is 11.5 Å². The first-order valence-corrected chi connectivity index (χ1v) is 8.55. The van der Waals surface area contributed by atoms with E-state index in [0.717, 1.165) is 11.1 Å². The molecule has 2 aromatic heterocycles. The number of ether oxygens (including phenoxy) is 2. The fraction of sp³-hybridized carbons (Fsp3) is 0.200. The van der Waals surface area contributed by atoms with Crippen LogP contribution >= 0.6 is 0 Å². The Hall–Kier alpha value is -3.68. The van der Waals surface area contributed by atoms with E-state index >= 15 is 0 Å². The molecule has 8 nitrogen and oxygen atoms in total. The lowest BCUT2D eigenvalue weighted by Crippen LogP contribution is -2.20. The maximum Gasteiger partial charge on any atom is 0.272 e. The molecule has 0 amide bonds. The van der Waals surface area contributed by atoms with Crippen molar-refractivity contribution in [1.29, 1.82) is 0 Å². The maximum atomic E-state index is 12.0. The zero-order chi connectivity index (χ0) is 19.8. The second kappa shape index (κ2) is 6.80. The van der Waals surface area contributed by atoms with Gasteiger partial charge in [-0.3, -0.25) is 4.79 Å². The molecule has 0 radical (unpaired) electrons. The van der Waals surface area contributed by atoms with Gasteiger partial charge in [-0.1, -0.05) is 5.16 Å². The van der Waals surface area contributed by atoms with Crippen molar-refractivity contribution in [2.75, 3.05) is 14.2 Å². The third-order valence-electron chi connectivity index (χ3n) is 4.56. The molecule has 4 rings (SSSR count). The van der Waals surface area contributed by atoms with Gasteiger partial charge in [0.15, 0.2) is 0 Å². The van der Waals surface area contributed by atoms with Gasteiger partial charge in [0.2, 0.25) is 5.82 Å². The lowest BCUT2D eigenvalue weighted by atomic mass is 10.1. The Morgan fingerprint density at radius 2 is 1.86 bits per heavy atom. The molecule has 2 heterocycles. The summed E-state index contributed by atoms with van der Waals surface area (Å²) < 4.78 is 17.6. The molecule has 0 atom stereocenters. The van der Waals surface area contributed by atoms with Crippen LogP contribution in [-0.4, -0.2) is 33.9 Å². The van der Waals surface area contributed by atoms with E-state index in [1.165, 1.54) is 0 Å². The molecule has 4 aromatic rings. The van der Waals surface area contributed by atoms with Gasteiger partial charge in [0.25, 0.3) is 11.4 Å². The first-order valence-electron chi connectivity index (χ1n) is 8.55. The fourth-order valence-corrected chi connectivity index (χ4v) is 3.04. The highest BCUT2D eigenvalue weighted by Crippen LogP contribution is 2.33. The Labute approximate surface area is 160 Å². The SMILES string of the molecule is COc1ccc(-c2nc(-c3ccc4c(c3)nc(C)c(=O)n4C)no2)c(OC)c1. The molecule has 0 fully saturated rings. The van der Waals surface area contributed by atoms with E-state index in [0.29, 0.717) is 40.0 Å². The highest BCUT2D eigenvalue weighted by Gasteiger charge is 2.16. The average molecular weight is 378 g/mol. The zero-order valence-corrected chi connectivity index (χ0v) is 15.9. The van der Waals surface area contributed by atoms with Crippen molar-refractivity contribution in [3.05, 3.63) is 52.4 Å². The van der Waals surface area contributed by atoms with E-state index < -0.39 is 0 Å². The second-order valence-corrected chi connectivity index (χ2v) is 6.25. The molecule has 0 unspecified atom stereocenters. The van der Waals surface area contributed by atoms with E-state index in [-0.39, 0.29) is 5.56 Å². The molecular formula is C20H18N4O4. The predicted molar refractivity (Wildman–Crippen MR) is 104 cm³/mol. The minimum absolute atomic E-state index is 0.117. The third kappa shape index (κ3) is 2.88. The van der Waals surface area contributed by atoms with Crippen molar-refractivity contribution in [3.8, 4) is 34.3 Å². The van der Waals surface area contributed by atoms with Crippen molar-refractivity contribution in [2.45, 2.75) is 6.92 Å². The van der Waals surface area contributed by atoms with Gasteiger partial charge in [-0.25, -0.2) is 4.98 Å². The molecule has 0 bridgehead atoms. The highest BCUT2D eigenvalue weighted by atomic mass is 16.5. The topological polar surface area (TPSA) is 92.3 Å². The number of rotatable bonds is 4. The van der Waals surface area contributed by atoms with Crippen molar-refractivity contribution < 1.29 is 14.0 Å². The standard InChI is InChI=1S/C20H18N4O4/c1-11-20(25)24(2)16-8-5-12(9-15(16)21-11)18-22-19(28-23-18)14-7-6-13(26-3)10-17(14)27-4/h5-10H,1-4H3. The van der Waals surface area contributed by atoms with Gasteiger partial charge in [-0.05, 0) is 37.3 Å². The van der Waals surface area contributed by atoms with Crippen molar-refractivity contribution in [3.63, 3.8) is 0 Å². The Morgan fingerprint density at radius 3 is 2.61 bits per heavy atom. The van der Waals surface area contributed by atoms with Gasteiger partial charge in [-0.15, -0.1) is 0 Å². The number of hydrogen-bond acceptors (Lipinski definition) is 7. The number of aromatic nitrogens is 4. The maximum absolute atomic E-state index is 12.0. The van der Waals surface area contributed by atoms with Gasteiger partial charge < -0.3 is 18.6 Å². The molecule has 0 aliphatic rings. The second-order valence-electron chi connectivity index (χ2n) is 6.25.